The molecule has 3 aromatic carbocycles. The van der Waals surface area contributed by atoms with Gasteiger partial charge in [0.2, 0.25) is 11.8 Å². The fraction of sp³-hybridized carbons (Fsp3) is 0.333. The Hall–Kier alpha value is -3.50. The summed E-state index contributed by atoms with van der Waals surface area (Å²) in [6, 6.07) is 17.8. The van der Waals surface area contributed by atoms with E-state index in [0.717, 1.165) is 25.0 Å². The van der Waals surface area contributed by atoms with E-state index in [0.29, 0.717) is 8.61 Å². The van der Waals surface area contributed by atoms with Crippen molar-refractivity contribution in [3.63, 3.8) is 0 Å². The monoisotopic (exact) mass is 584 g/mol. The topological polar surface area (TPSA) is 109 Å². The molecular formula is C30H36N2O6S2. The zero-order valence-electron chi connectivity index (χ0n) is 24.1. The average Bonchev–Trinajstić information content (AvgIpc) is 2.83. The summed E-state index contributed by atoms with van der Waals surface area (Å²) < 4.78 is 55.1. The molecule has 40 heavy (non-hydrogen) atoms. The Morgan fingerprint density at radius 3 is 0.950 bits per heavy atom. The molecule has 0 heterocycles. The third-order valence-corrected chi connectivity index (χ3v) is 10.0. The molecule has 3 rings (SSSR count). The smallest absolute Gasteiger partial charge is 0.270 e. The summed E-state index contributed by atoms with van der Waals surface area (Å²) in [5, 5.41) is 0. The average molecular weight is 585 g/mol. The van der Waals surface area contributed by atoms with Crippen LogP contribution >= 0.6 is 0 Å². The third-order valence-electron chi connectivity index (χ3n) is 6.41. The number of hydrogen-bond donors (Lipinski definition) is 0. The summed E-state index contributed by atoms with van der Waals surface area (Å²) in [7, 11) is -8.54. The van der Waals surface area contributed by atoms with Crippen LogP contribution in [0.25, 0.3) is 0 Å². The summed E-state index contributed by atoms with van der Waals surface area (Å²) in [5.41, 5.74) is 1.51. The van der Waals surface area contributed by atoms with E-state index < -0.39 is 31.9 Å². The maximum atomic E-state index is 13.4. The Labute approximate surface area is 237 Å². The third kappa shape index (κ3) is 6.28. The predicted octanol–water partition coefficient (Wildman–Crippen LogP) is 5.77. The maximum absolute atomic E-state index is 13.4. The summed E-state index contributed by atoms with van der Waals surface area (Å²) >= 11 is 0. The number of carbonyl (C=O) groups excluding carboxylic acids is 2. The van der Waals surface area contributed by atoms with E-state index in [1.165, 1.54) is 48.5 Å². The molecule has 3 aromatic rings. The van der Waals surface area contributed by atoms with Crippen LogP contribution in [-0.2, 0) is 40.5 Å². The van der Waals surface area contributed by atoms with Crippen LogP contribution in [0.1, 0.15) is 66.5 Å². The Bertz CT molecular complexity index is 1490. The van der Waals surface area contributed by atoms with Crippen LogP contribution in [-0.4, -0.2) is 28.6 Å². The molecule has 0 N–H and O–H groups in total. The SMILES string of the molecule is CC(=O)N(c1ccc(N(C(C)=O)S(=O)(=O)c2ccc(C(C)(C)C)cc2)cc1)S(=O)(=O)c1ccc(C(C)(C)C)cc1. The zero-order chi connectivity index (χ0) is 30.3. The molecule has 2 amide bonds. The highest BCUT2D eigenvalue weighted by molar-refractivity contribution is 7.94. The second-order valence-electron chi connectivity index (χ2n) is 11.6. The van der Waals surface area contributed by atoms with Gasteiger partial charge in [-0.15, -0.1) is 0 Å². The van der Waals surface area contributed by atoms with Gasteiger partial charge in [0.05, 0.1) is 21.2 Å². The van der Waals surface area contributed by atoms with Crippen LogP contribution in [0.3, 0.4) is 0 Å². The summed E-state index contributed by atoms with van der Waals surface area (Å²) in [6.07, 6.45) is 0. The quantitative estimate of drug-likeness (QED) is 0.364. The molecule has 0 unspecified atom stereocenters. The second-order valence-corrected chi connectivity index (χ2v) is 15.2. The number of anilines is 2. The molecule has 0 fully saturated rings. The Morgan fingerprint density at radius 1 is 0.500 bits per heavy atom. The van der Waals surface area contributed by atoms with Crippen molar-refractivity contribution < 1.29 is 26.4 Å². The van der Waals surface area contributed by atoms with Gasteiger partial charge in [-0.3, -0.25) is 9.59 Å². The van der Waals surface area contributed by atoms with Crippen LogP contribution in [0.5, 0.6) is 0 Å². The van der Waals surface area contributed by atoms with Crippen molar-refractivity contribution in [2.45, 2.75) is 76.0 Å². The first-order valence-corrected chi connectivity index (χ1v) is 15.6. The van der Waals surface area contributed by atoms with Crippen molar-refractivity contribution in [1.82, 2.24) is 0 Å². The van der Waals surface area contributed by atoms with Gasteiger partial charge in [-0.2, -0.15) is 0 Å². The van der Waals surface area contributed by atoms with E-state index in [2.05, 4.69) is 0 Å². The lowest BCUT2D eigenvalue weighted by atomic mass is 9.87. The number of benzene rings is 3. The predicted molar refractivity (Wildman–Crippen MR) is 157 cm³/mol. The lowest BCUT2D eigenvalue weighted by molar-refractivity contribution is -0.116. The van der Waals surface area contributed by atoms with Gasteiger partial charge in [-0.05, 0) is 70.5 Å². The molecule has 0 saturated carbocycles. The molecule has 0 aliphatic heterocycles. The number of sulfonamides is 2. The van der Waals surface area contributed by atoms with E-state index >= 15 is 0 Å². The molecule has 8 nitrogen and oxygen atoms in total. The van der Waals surface area contributed by atoms with Crippen molar-refractivity contribution in [3.8, 4) is 0 Å². The molecule has 0 bridgehead atoms. The number of amides is 2. The molecular weight excluding hydrogens is 548 g/mol. The van der Waals surface area contributed by atoms with Crippen LogP contribution in [0, 0.1) is 0 Å². The number of carbonyl (C=O) groups is 2. The summed E-state index contributed by atoms with van der Waals surface area (Å²) in [6.45, 7) is 14.3. The minimum absolute atomic E-state index is 0.00609. The van der Waals surface area contributed by atoms with Crippen molar-refractivity contribution in [2.75, 3.05) is 8.61 Å². The maximum Gasteiger partial charge on any atom is 0.270 e. The second kappa shape index (κ2) is 10.8. The highest BCUT2D eigenvalue weighted by Gasteiger charge is 2.32. The molecule has 0 aliphatic rings. The van der Waals surface area contributed by atoms with Gasteiger partial charge in [0.1, 0.15) is 0 Å². The summed E-state index contributed by atoms with van der Waals surface area (Å²) in [4.78, 5) is 25.0. The van der Waals surface area contributed by atoms with Crippen LogP contribution in [0.2, 0.25) is 0 Å². The molecule has 214 valence electrons. The molecule has 0 radical (unpaired) electrons. The summed E-state index contributed by atoms with van der Waals surface area (Å²) in [5.74, 6) is -1.50. The van der Waals surface area contributed by atoms with Gasteiger partial charge in [-0.1, -0.05) is 65.8 Å². The largest absolute Gasteiger partial charge is 0.274 e. The van der Waals surface area contributed by atoms with Gasteiger partial charge < -0.3 is 0 Å². The van der Waals surface area contributed by atoms with Crippen molar-refractivity contribution >= 4 is 43.2 Å². The van der Waals surface area contributed by atoms with E-state index in [1.54, 1.807) is 24.3 Å². The molecule has 0 spiro atoms. The number of rotatable bonds is 6. The van der Waals surface area contributed by atoms with Gasteiger partial charge in [0, 0.05) is 13.8 Å². The standard InChI is InChI=1S/C30H36N2O6S2/c1-21(33)31(39(35,36)27-17-9-23(10-18-27)29(3,4)5)25-13-15-26(16-14-25)32(22(2)34)40(37,38)28-19-11-24(12-20-28)30(6,7)8/h9-20H,1-8H3. The fourth-order valence-electron chi connectivity index (χ4n) is 4.17. The normalized spacial score (nSPS) is 12.6. The van der Waals surface area contributed by atoms with Gasteiger partial charge in [0.25, 0.3) is 20.0 Å². The molecule has 0 aromatic heterocycles. The van der Waals surface area contributed by atoms with E-state index in [1.807, 2.05) is 41.5 Å². The first-order chi connectivity index (χ1) is 18.3. The van der Waals surface area contributed by atoms with E-state index in [9.17, 15) is 26.4 Å². The minimum Gasteiger partial charge on any atom is -0.274 e. The highest BCUT2D eigenvalue weighted by atomic mass is 32.2. The molecule has 0 saturated heterocycles. The van der Waals surface area contributed by atoms with Crippen molar-refractivity contribution in [2.24, 2.45) is 0 Å². The number of hydrogen-bond acceptors (Lipinski definition) is 6. The molecule has 10 heteroatoms. The molecule has 0 aliphatic carbocycles. The minimum atomic E-state index is -4.27. The zero-order valence-corrected chi connectivity index (χ0v) is 25.7. The highest BCUT2D eigenvalue weighted by Crippen LogP contribution is 2.31. The van der Waals surface area contributed by atoms with Crippen LogP contribution in [0.4, 0.5) is 11.4 Å². The van der Waals surface area contributed by atoms with Crippen LogP contribution < -0.4 is 8.61 Å². The molecule has 0 atom stereocenters. The van der Waals surface area contributed by atoms with Crippen molar-refractivity contribution in [3.05, 3.63) is 83.9 Å². The number of nitrogens with zero attached hydrogens (tertiary/aromatic N) is 2. The van der Waals surface area contributed by atoms with Crippen LogP contribution in [0.15, 0.2) is 82.6 Å². The van der Waals surface area contributed by atoms with Gasteiger partial charge in [0.15, 0.2) is 0 Å². The lowest BCUT2D eigenvalue weighted by Crippen LogP contribution is -2.36. The Kier molecular flexibility index (Phi) is 8.39. The first-order valence-electron chi connectivity index (χ1n) is 12.7. The lowest BCUT2D eigenvalue weighted by Gasteiger charge is -2.25. The van der Waals surface area contributed by atoms with E-state index in [4.69, 9.17) is 0 Å². The van der Waals surface area contributed by atoms with Gasteiger partial charge in [-0.25, -0.2) is 25.4 Å². The van der Waals surface area contributed by atoms with E-state index in [-0.39, 0.29) is 32.0 Å². The van der Waals surface area contributed by atoms with Gasteiger partial charge >= 0.3 is 0 Å². The Morgan fingerprint density at radius 2 is 0.750 bits per heavy atom. The fourth-order valence-corrected chi connectivity index (χ4v) is 7.02. The first kappa shape index (κ1) is 31.0. The van der Waals surface area contributed by atoms with Crippen molar-refractivity contribution in [1.29, 1.82) is 0 Å². The Balaban J connectivity index is 2.00.